The van der Waals surface area contributed by atoms with Gasteiger partial charge < -0.3 is 20.2 Å². The third kappa shape index (κ3) is 7.44. The van der Waals surface area contributed by atoms with Gasteiger partial charge in [-0.25, -0.2) is 4.79 Å². The summed E-state index contributed by atoms with van der Waals surface area (Å²) in [5.74, 6) is -0.135. The fourth-order valence-electron chi connectivity index (χ4n) is 1.97. The van der Waals surface area contributed by atoms with Crippen LogP contribution in [0.3, 0.4) is 0 Å². The molecule has 1 aromatic rings. The van der Waals surface area contributed by atoms with Crippen molar-refractivity contribution in [2.75, 3.05) is 0 Å². The van der Waals surface area contributed by atoms with Gasteiger partial charge in [0, 0.05) is 0 Å². The van der Waals surface area contributed by atoms with E-state index in [4.69, 9.17) is 4.74 Å². The fourth-order valence-corrected chi connectivity index (χ4v) is 1.97. The summed E-state index contributed by atoms with van der Waals surface area (Å²) in [7, 11) is 0. The number of hydrogen-bond acceptors (Lipinski definition) is 4. The Morgan fingerprint density at radius 3 is 2.35 bits per heavy atom. The number of amides is 2. The highest BCUT2D eigenvalue weighted by atomic mass is 16.5. The van der Waals surface area contributed by atoms with Gasteiger partial charge in [-0.3, -0.25) is 4.79 Å². The molecule has 0 saturated heterocycles. The van der Waals surface area contributed by atoms with Crippen molar-refractivity contribution in [2.45, 2.75) is 45.9 Å². The average molecular weight is 320 g/mol. The summed E-state index contributed by atoms with van der Waals surface area (Å²) in [6.07, 6.45) is 0.585. The van der Waals surface area contributed by atoms with E-state index in [9.17, 15) is 14.4 Å². The quantitative estimate of drug-likeness (QED) is 0.718. The summed E-state index contributed by atoms with van der Waals surface area (Å²) in [6, 6.07) is 7.91. The molecule has 0 aliphatic heterocycles. The topological polar surface area (TPSA) is 84.5 Å². The minimum absolute atomic E-state index is 0.130. The fraction of sp³-hybridized carbons (Fsp3) is 0.471. The second kappa shape index (κ2) is 9.61. The largest absolute Gasteiger partial charge is 0.445 e. The van der Waals surface area contributed by atoms with Crippen molar-refractivity contribution in [3.8, 4) is 0 Å². The minimum Gasteiger partial charge on any atom is -0.445 e. The van der Waals surface area contributed by atoms with Gasteiger partial charge >= 0.3 is 6.09 Å². The van der Waals surface area contributed by atoms with Crippen LogP contribution in [-0.2, 0) is 20.9 Å². The van der Waals surface area contributed by atoms with Crippen LogP contribution in [0.15, 0.2) is 30.3 Å². The molecule has 23 heavy (non-hydrogen) atoms. The zero-order valence-corrected chi connectivity index (χ0v) is 13.7. The number of ether oxygens (including phenoxy) is 1. The second-order valence-electron chi connectivity index (χ2n) is 5.81. The predicted octanol–water partition coefficient (Wildman–Crippen LogP) is 2.03. The molecule has 1 aromatic carbocycles. The lowest BCUT2D eigenvalue weighted by molar-refractivity contribution is -0.125. The molecule has 1 rings (SSSR count). The SMILES string of the molecule is CC(C)C[C@@H](C=O)NC(=O)[C@@H](C)NC(=O)OCc1ccccc1. The summed E-state index contributed by atoms with van der Waals surface area (Å²) in [5.41, 5.74) is 0.859. The molecule has 0 heterocycles. The number of aldehydes is 1. The van der Waals surface area contributed by atoms with Crippen LogP contribution in [0.1, 0.15) is 32.8 Å². The maximum Gasteiger partial charge on any atom is 0.408 e. The minimum atomic E-state index is -0.784. The van der Waals surface area contributed by atoms with Crippen LogP contribution in [0, 0.1) is 5.92 Å². The van der Waals surface area contributed by atoms with E-state index in [2.05, 4.69) is 10.6 Å². The van der Waals surface area contributed by atoms with E-state index in [1.807, 2.05) is 44.2 Å². The Morgan fingerprint density at radius 2 is 1.78 bits per heavy atom. The molecule has 2 amide bonds. The second-order valence-corrected chi connectivity index (χ2v) is 5.81. The molecule has 0 unspecified atom stereocenters. The van der Waals surface area contributed by atoms with Gasteiger partial charge in [-0.15, -0.1) is 0 Å². The van der Waals surface area contributed by atoms with Crippen LogP contribution in [0.2, 0.25) is 0 Å². The lowest BCUT2D eigenvalue weighted by atomic mass is 10.0. The predicted molar refractivity (Wildman–Crippen MR) is 86.7 cm³/mol. The summed E-state index contributed by atoms with van der Waals surface area (Å²) < 4.78 is 5.05. The highest BCUT2D eigenvalue weighted by Gasteiger charge is 2.20. The Balaban J connectivity index is 2.38. The van der Waals surface area contributed by atoms with Gasteiger partial charge in [0.25, 0.3) is 0 Å². The maximum atomic E-state index is 12.0. The lowest BCUT2D eigenvalue weighted by Gasteiger charge is -2.18. The van der Waals surface area contributed by atoms with Gasteiger partial charge in [0.05, 0.1) is 6.04 Å². The Bertz CT molecular complexity index is 517. The summed E-state index contributed by atoms with van der Waals surface area (Å²) in [6.45, 7) is 5.60. The third-order valence-corrected chi connectivity index (χ3v) is 3.16. The number of carbonyl (C=O) groups excluding carboxylic acids is 3. The Hall–Kier alpha value is -2.37. The molecular formula is C17H24N2O4. The van der Waals surface area contributed by atoms with Crippen LogP contribution < -0.4 is 10.6 Å². The number of nitrogens with one attached hydrogen (secondary N) is 2. The van der Waals surface area contributed by atoms with Crippen LogP contribution in [0.4, 0.5) is 4.79 Å². The first-order valence-electron chi connectivity index (χ1n) is 7.65. The number of rotatable bonds is 8. The summed E-state index contributed by atoms with van der Waals surface area (Å²) in [4.78, 5) is 34.6. The van der Waals surface area contributed by atoms with Crippen molar-refractivity contribution < 1.29 is 19.1 Å². The van der Waals surface area contributed by atoms with Crippen LogP contribution in [0.5, 0.6) is 0 Å². The zero-order chi connectivity index (χ0) is 17.2. The molecule has 2 N–H and O–H groups in total. The standard InChI is InChI=1S/C17H24N2O4/c1-12(2)9-15(10-20)19-16(21)13(3)18-17(22)23-11-14-7-5-4-6-8-14/h4-8,10,12-13,15H,9,11H2,1-3H3,(H,18,22)(H,19,21)/t13-,15+/m1/s1. The van der Waals surface area contributed by atoms with E-state index >= 15 is 0 Å². The third-order valence-electron chi connectivity index (χ3n) is 3.16. The van der Waals surface area contributed by atoms with Crippen molar-refractivity contribution in [2.24, 2.45) is 5.92 Å². The van der Waals surface area contributed by atoms with E-state index in [-0.39, 0.29) is 12.5 Å². The molecule has 0 aromatic heterocycles. The molecule has 6 nitrogen and oxygen atoms in total. The molecule has 2 atom stereocenters. The van der Waals surface area contributed by atoms with Crippen LogP contribution >= 0.6 is 0 Å². The first kappa shape index (κ1) is 18.7. The maximum absolute atomic E-state index is 12.0. The lowest BCUT2D eigenvalue weighted by Crippen LogP contribution is -2.48. The summed E-state index contributed by atoms with van der Waals surface area (Å²) >= 11 is 0. The van der Waals surface area contributed by atoms with Crippen molar-refractivity contribution in [3.05, 3.63) is 35.9 Å². The number of benzene rings is 1. The first-order chi connectivity index (χ1) is 10.9. The smallest absolute Gasteiger partial charge is 0.408 e. The monoisotopic (exact) mass is 320 g/mol. The Morgan fingerprint density at radius 1 is 1.13 bits per heavy atom. The van der Waals surface area contributed by atoms with Crippen LogP contribution in [-0.4, -0.2) is 30.4 Å². The van der Waals surface area contributed by atoms with Crippen molar-refractivity contribution in [3.63, 3.8) is 0 Å². The van der Waals surface area contributed by atoms with Gasteiger partial charge in [-0.2, -0.15) is 0 Å². The van der Waals surface area contributed by atoms with Crippen LogP contribution in [0.25, 0.3) is 0 Å². The Kier molecular flexibility index (Phi) is 7.80. The first-order valence-corrected chi connectivity index (χ1v) is 7.65. The molecule has 0 spiro atoms. The number of alkyl carbamates (subject to hydrolysis) is 1. The van der Waals surface area contributed by atoms with E-state index < -0.39 is 24.1 Å². The molecule has 0 aliphatic rings. The normalized spacial score (nSPS) is 13.0. The van der Waals surface area contributed by atoms with Gasteiger partial charge in [-0.05, 0) is 24.8 Å². The summed E-state index contributed by atoms with van der Waals surface area (Å²) in [5, 5.41) is 5.04. The number of carbonyl (C=O) groups is 3. The van der Waals surface area contributed by atoms with Gasteiger partial charge in [0.2, 0.25) is 5.91 Å². The van der Waals surface area contributed by atoms with Crippen molar-refractivity contribution in [1.82, 2.24) is 10.6 Å². The molecule has 126 valence electrons. The average Bonchev–Trinajstić information content (AvgIpc) is 2.52. The van der Waals surface area contributed by atoms with Gasteiger partial charge in [-0.1, -0.05) is 44.2 Å². The molecule has 0 fully saturated rings. The molecular weight excluding hydrogens is 296 g/mol. The van der Waals surface area contributed by atoms with E-state index in [0.717, 1.165) is 5.56 Å². The molecule has 0 bridgehead atoms. The van der Waals surface area contributed by atoms with Crippen molar-refractivity contribution >= 4 is 18.3 Å². The molecule has 0 radical (unpaired) electrons. The van der Waals surface area contributed by atoms with Gasteiger partial charge in [0.15, 0.2) is 0 Å². The Labute approximate surface area is 136 Å². The van der Waals surface area contributed by atoms with E-state index in [0.29, 0.717) is 12.7 Å². The highest BCUT2D eigenvalue weighted by Crippen LogP contribution is 2.03. The highest BCUT2D eigenvalue weighted by molar-refractivity contribution is 5.87. The van der Waals surface area contributed by atoms with Gasteiger partial charge in [0.1, 0.15) is 18.9 Å². The zero-order valence-electron chi connectivity index (χ0n) is 13.7. The van der Waals surface area contributed by atoms with E-state index in [1.165, 1.54) is 6.92 Å². The molecule has 6 heteroatoms. The van der Waals surface area contributed by atoms with E-state index in [1.54, 1.807) is 0 Å². The van der Waals surface area contributed by atoms with Crippen molar-refractivity contribution in [1.29, 1.82) is 0 Å². The molecule has 0 saturated carbocycles. The number of hydrogen-bond donors (Lipinski definition) is 2. The molecule has 0 aliphatic carbocycles.